The monoisotopic (exact) mass is 381 g/mol. The van der Waals surface area contributed by atoms with Crippen molar-refractivity contribution in [3.63, 3.8) is 0 Å². The first-order valence-electron chi connectivity index (χ1n) is 7.11. The summed E-state index contributed by atoms with van der Waals surface area (Å²) in [6.07, 6.45) is 1.53. The van der Waals surface area contributed by atoms with Crippen LogP contribution in [0.5, 0.6) is 0 Å². The van der Waals surface area contributed by atoms with Gasteiger partial charge in [0.2, 0.25) is 0 Å². The average Bonchev–Trinajstić information content (AvgIpc) is 3.02. The van der Waals surface area contributed by atoms with E-state index in [4.69, 9.17) is 33.7 Å². The summed E-state index contributed by atoms with van der Waals surface area (Å²) in [7, 11) is 0. The maximum atomic E-state index is 13.9. The van der Waals surface area contributed by atoms with E-state index >= 15 is 0 Å². The molecule has 8 heteroatoms. The Morgan fingerprint density at radius 1 is 1.25 bits per heavy atom. The van der Waals surface area contributed by atoms with E-state index in [0.29, 0.717) is 0 Å². The fraction of sp³-hybridized carbons (Fsp3) is 0.438. The highest BCUT2D eigenvalue weighted by Crippen LogP contribution is 2.60. The molecule has 2 atom stereocenters. The van der Waals surface area contributed by atoms with E-state index in [1.54, 1.807) is 0 Å². The van der Waals surface area contributed by atoms with Gasteiger partial charge in [-0.15, -0.1) is 0 Å². The largest absolute Gasteiger partial charge is 0.460 e. The maximum Gasteiger partial charge on any atom is 0.310 e. The van der Waals surface area contributed by atoms with Crippen LogP contribution in [0, 0.1) is 41.6 Å². The van der Waals surface area contributed by atoms with Gasteiger partial charge in [-0.3, -0.25) is 4.79 Å². The molecule has 1 aromatic rings. The van der Waals surface area contributed by atoms with E-state index in [2.05, 4.69) is 0 Å². The number of benzene rings is 1. The van der Waals surface area contributed by atoms with Gasteiger partial charge in [0, 0.05) is 5.56 Å². The topological polar surface area (TPSA) is 52.3 Å². The Bertz CT molecular complexity index is 702. The van der Waals surface area contributed by atoms with Gasteiger partial charge >= 0.3 is 5.97 Å². The lowest BCUT2D eigenvalue weighted by Crippen LogP contribution is -2.14. The summed E-state index contributed by atoms with van der Waals surface area (Å²) in [4.78, 5) is 12.2. The van der Waals surface area contributed by atoms with Crippen molar-refractivity contribution in [1.82, 2.24) is 0 Å². The van der Waals surface area contributed by atoms with E-state index in [9.17, 15) is 18.0 Å². The Morgan fingerprint density at radius 3 is 2.38 bits per heavy atom. The second kappa shape index (κ2) is 6.48. The summed E-state index contributed by atoms with van der Waals surface area (Å²) in [5.74, 6) is -5.24. The molecular weight excluding hydrogens is 366 g/mol. The molecule has 24 heavy (non-hydrogen) atoms. The summed E-state index contributed by atoms with van der Waals surface area (Å²) in [5.41, 5.74) is 3.24. The lowest BCUT2D eigenvalue weighted by atomic mass is 10.1. The molecule has 0 aromatic heterocycles. The molecule has 3 nitrogen and oxygen atoms in total. The van der Waals surface area contributed by atoms with Crippen molar-refractivity contribution in [1.29, 1.82) is 0 Å². The number of allylic oxidation sites excluding steroid dienone is 1. The van der Waals surface area contributed by atoms with Crippen molar-refractivity contribution in [2.45, 2.75) is 27.4 Å². The second-order valence-electron chi connectivity index (χ2n) is 6.35. The van der Waals surface area contributed by atoms with Crippen LogP contribution in [-0.4, -0.2) is 5.97 Å². The van der Waals surface area contributed by atoms with E-state index < -0.39 is 47.0 Å². The zero-order valence-electron chi connectivity index (χ0n) is 13.2. The molecule has 2 N–H and O–H groups in total. The molecule has 1 aliphatic carbocycles. The van der Waals surface area contributed by atoms with Crippen LogP contribution < -0.4 is 5.73 Å². The smallest absolute Gasteiger partial charge is 0.310 e. The van der Waals surface area contributed by atoms with Crippen molar-refractivity contribution in [3.8, 4) is 0 Å². The minimum absolute atomic E-state index is 0.0351. The van der Waals surface area contributed by atoms with Gasteiger partial charge in [-0.2, -0.15) is 0 Å². The number of carbonyl (C=O) groups is 1. The van der Waals surface area contributed by atoms with Gasteiger partial charge in [-0.05, 0) is 29.9 Å². The quantitative estimate of drug-likeness (QED) is 0.469. The number of nitrogen functional groups attached to an aromatic ring is 1. The Balaban J connectivity index is 2.16. The molecule has 0 radical (unpaired) electrons. The Morgan fingerprint density at radius 2 is 1.83 bits per heavy atom. The zero-order chi connectivity index (χ0) is 18.4. The van der Waals surface area contributed by atoms with Crippen LogP contribution in [0.2, 0.25) is 0 Å². The molecule has 1 saturated carbocycles. The Labute approximate surface area is 147 Å². The molecule has 0 aliphatic heterocycles. The van der Waals surface area contributed by atoms with Gasteiger partial charge in [0.25, 0.3) is 0 Å². The maximum absolute atomic E-state index is 13.9. The number of hydrogen-bond acceptors (Lipinski definition) is 3. The number of nitrogens with two attached hydrogens (primary N) is 1. The Hall–Kier alpha value is -1.40. The number of hydrogen-bond donors (Lipinski definition) is 1. The highest BCUT2D eigenvalue weighted by molar-refractivity contribution is 6.55. The van der Waals surface area contributed by atoms with Crippen molar-refractivity contribution in [2.75, 3.05) is 5.73 Å². The van der Waals surface area contributed by atoms with Gasteiger partial charge in [0.05, 0.1) is 5.92 Å². The molecule has 132 valence electrons. The minimum Gasteiger partial charge on any atom is -0.460 e. The summed E-state index contributed by atoms with van der Waals surface area (Å²) in [6, 6.07) is 0. The molecule has 0 saturated heterocycles. The lowest BCUT2D eigenvalue weighted by molar-refractivity contribution is -0.147. The number of rotatable bonds is 4. The van der Waals surface area contributed by atoms with Gasteiger partial charge in [-0.25, -0.2) is 13.2 Å². The van der Waals surface area contributed by atoms with E-state index in [1.165, 1.54) is 13.0 Å². The van der Waals surface area contributed by atoms with Crippen molar-refractivity contribution < 1.29 is 22.7 Å². The van der Waals surface area contributed by atoms with Crippen LogP contribution in [0.4, 0.5) is 18.9 Å². The molecule has 1 aromatic carbocycles. The molecule has 1 aliphatic rings. The van der Waals surface area contributed by atoms with E-state index in [1.807, 2.05) is 13.8 Å². The molecule has 1 fully saturated rings. The summed E-state index contributed by atoms with van der Waals surface area (Å²) in [5, 5.41) is 0. The minimum atomic E-state index is -1.49. The fourth-order valence-electron chi connectivity index (χ4n) is 2.83. The molecule has 2 rings (SSSR count). The SMILES string of the molecule is Cc1c(F)c(N)c(F)c(F)c1COC(=O)C1C(C=C(Cl)Cl)C1(C)C. The van der Waals surface area contributed by atoms with Gasteiger partial charge < -0.3 is 10.5 Å². The average molecular weight is 382 g/mol. The van der Waals surface area contributed by atoms with E-state index in [-0.39, 0.29) is 21.5 Å². The fourth-order valence-corrected chi connectivity index (χ4v) is 3.10. The number of anilines is 1. The summed E-state index contributed by atoms with van der Waals surface area (Å²) >= 11 is 11.2. The normalized spacial score (nSPS) is 21.3. The first-order valence-corrected chi connectivity index (χ1v) is 7.86. The summed E-state index contributed by atoms with van der Waals surface area (Å²) in [6.45, 7) is 4.29. The van der Waals surface area contributed by atoms with Crippen LogP contribution in [0.1, 0.15) is 25.0 Å². The molecule has 2 unspecified atom stereocenters. The third kappa shape index (κ3) is 3.22. The van der Waals surface area contributed by atoms with Crippen molar-refractivity contribution >= 4 is 34.9 Å². The molecular formula is C16H16Cl2F3NO2. The highest BCUT2D eigenvalue weighted by Gasteiger charge is 2.61. The number of esters is 1. The first-order chi connectivity index (χ1) is 11.0. The van der Waals surface area contributed by atoms with Crippen LogP contribution in [0.15, 0.2) is 10.6 Å². The highest BCUT2D eigenvalue weighted by atomic mass is 35.5. The first kappa shape index (κ1) is 18.9. The van der Waals surface area contributed by atoms with Crippen molar-refractivity contribution in [2.24, 2.45) is 17.3 Å². The predicted molar refractivity (Wildman–Crippen MR) is 85.8 cm³/mol. The molecule has 0 bridgehead atoms. The van der Waals surface area contributed by atoms with Crippen LogP contribution in [-0.2, 0) is 16.1 Å². The second-order valence-corrected chi connectivity index (χ2v) is 7.36. The Kier molecular flexibility index (Phi) is 5.11. The number of ether oxygens (including phenoxy) is 1. The molecule has 0 heterocycles. The molecule has 0 amide bonds. The van der Waals surface area contributed by atoms with Crippen molar-refractivity contribution in [3.05, 3.63) is 39.1 Å². The third-order valence-corrected chi connectivity index (χ3v) is 4.79. The lowest BCUT2D eigenvalue weighted by Gasteiger charge is -2.12. The third-order valence-electron chi connectivity index (χ3n) is 4.54. The molecule has 0 spiro atoms. The number of halogens is 5. The van der Waals surface area contributed by atoms with Gasteiger partial charge in [0.1, 0.15) is 16.8 Å². The van der Waals surface area contributed by atoms with E-state index in [0.717, 1.165) is 0 Å². The summed E-state index contributed by atoms with van der Waals surface area (Å²) < 4.78 is 46.3. The van der Waals surface area contributed by atoms with Gasteiger partial charge in [-0.1, -0.05) is 37.0 Å². The van der Waals surface area contributed by atoms with Crippen LogP contribution in [0.3, 0.4) is 0 Å². The van der Waals surface area contributed by atoms with Crippen LogP contribution >= 0.6 is 23.2 Å². The zero-order valence-corrected chi connectivity index (χ0v) is 14.7. The standard InChI is InChI=1S/C16H16Cl2F3NO2/c1-6-7(12(20)13(21)14(22)11(6)19)5-24-15(23)10-8(4-9(17)18)16(10,2)3/h4,8,10H,5,22H2,1-3H3. The predicted octanol–water partition coefficient (Wildman–Crippen LogP) is 4.63. The number of carbonyl (C=O) groups excluding carboxylic acids is 1. The van der Waals surface area contributed by atoms with Gasteiger partial charge in [0.15, 0.2) is 17.5 Å². The van der Waals surface area contributed by atoms with Crippen LogP contribution in [0.25, 0.3) is 0 Å².